The van der Waals surface area contributed by atoms with Crippen LogP contribution in [0.3, 0.4) is 0 Å². The number of carbonyl (C=O) groups excluding carboxylic acids is 1. The number of nitrogens with one attached hydrogen (secondary N) is 1. The van der Waals surface area contributed by atoms with Crippen LogP contribution in [0, 0.1) is 5.82 Å². The van der Waals surface area contributed by atoms with Gasteiger partial charge in [0.1, 0.15) is 10.8 Å². The molecule has 3 N–H and O–H groups in total. The van der Waals surface area contributed by atoms with Crippen LogP contribution in [0.4, 0.5) is 10.1 Å². The highest BCUT2D eigenvalue weighted by Crippen LogP contribution is 2.21. The fourth-order valence-corrected chi connectivity index (χ4v) is 2.56. The summed E-state index contributed by atoms with van der Waals surface area (Å²) in [5, 5.41) is 3.64. The van der Waals surface area contributed by atoms with E-state index in [0.29, 0.717) is 0 Å². The quantitative estimate of drug-likeness (QED) is 0.852. The summed E-state index contributed by atoms with van der Waals surface area (Å²) in [6.07, 6.45) is 2.73. The lowest BCUT2D eigenvalue weighted by Gasteiger charge is -2.11. The second-order valence-electron chi connectivity index (χ2n) is 4.45. The van der Waals surface area contributed by atoms with E-state index >= 15 is 0 Å². The van der Waals surface area contributed by atoms with Crippen molar-refractivity contribution in [3.05, 3.63) is 45.7 Å². The van der Waals surface area contributed by atoms with Crippen LogP contribution < -0.4 is 11.1 Å². The number of thiazole rings is 1. The number of nitrogens with zero attached hydrogens (tertiary/aromatic N) is 1. The SMILES string of the molecule is CCc1cnc(C(C)NC(=O)c2ccc(N)c(F)c2)s1. The number of aryl methyl sites for hydroxylation is 1. The molecule has 0 saturated carbocycles. The molecule has 1 unspecified atom stereocenters. The number of hydrogen-bond donors (Lipinski definition) is 2. The van der Waals surface area contributed by atoms with Crippen LogP contribution in [0.2, 0.25) is 0 Å². The first-order valence-electron chi connectivity index (χ1n) is 6.31. The Morgan fingerprint density at radius 2 is 2.30 bits per heavy atom. The Bertz CT molecular complexity index is 627. The summed E-state index contributed by atoms with van der Waals surface area (Å²) in [7, 11) is 0. The molecule has 0 spiro atoms. The molecule has 0 aliphatic heterocycles. The minimum Gasteiger partial charge on any atom is -0.396 e. The monoisotopic (exact) mass is 293 g/mol. The van der Waals surface area contributed by atoms with Crippen molar-refractivity contribution in [3.8, 4) is 0 Å². The van der Waals surface area contributed by atoms with Crippen LogP contribution in [0.1, 0.15) is 40.1 Å². The summed E-state index contributed by atoms with van der Waals surface area (Å²) >= 11 is 1.56. The number of halogens is 1. The highest BCUT2D eigenvalue weighted by atomic mass is 32.1. The Hall–Kier alpha value is -1.95. The predicted molar refractivity (Wildman–Crippen MR) is 78.2 cm³/mol. The van der Waals surface area contributed by atoms with E-state index in [1.807, 2.05) is 13.1 Å². The van der Waals surface area contributed by atoms with E-state index in [4.69, 9.17) is 5.73 Å². The standard InChI is InChI=1S/C14H16FN3OS/c1-3-10-7-17-14(20-10)8(2)18-13(19)9-4-5-12(16)11(15)6-9/h4-8H,3,16H2,1-2H3,(H,18,19). The van der Waals surface area contributed by atoms with Crippen LogP contribution in [0.25, 0.3) is 0 Å². The van der Waals surface area contributed by atoms with Gasteiger partial charge >= 0.3 is 0 Å². The lowest BCUT2D eigenvalue weighted by atomic mass is 10.1. The molecule has 0 aliphatic rings. The topological polar surface area (TPSA) is 68.0 Å². The van der Waals surface area contributed by atoms with Gasteiger partial charge in [-0.2, -0.15) is 0 Å². The molecular weight excluding hydrogens is 277 g/mol. The van der Waals surface area contributed by atoms with Crippen LogP contribution >= 0.6 is 11.3 Å². The van der Waals surface area contributed by atoms with E-state index in [2.05, 4.69) is 17.2 Å². The molecule has 20 heavy (non-hydrogen) atoms. The van der Waals surface area contributed by atoms with Crippen molar-refractivity contribution >= 4 is 22.9 Å². The third kappa shape index (κ3) is 3.14. The average molecular weight is 293 g/mol. The normalized spacial score (nSPS) is 12.2. The number of rotatable bonds is 4. The summed E-state index contributed by atoms with van der Waals surface area (Å²) in [5.41, 5.74) is 5.66. The van der Waals surface area contributed by atoms with Crippen molar-refractivity contribution in [1.29, 1.82) is 0 Å². The number of hydrogen-bond acceptors (Lipinski definition) is 4. The van der Waals surface area contributed by atoms with Gasteiger partial charge in [0.15, 0.2) is 0 Å². The van der Waals surface area contributed by atoms with Crippen molar-refractivity contribution < 1.29 is 9.18 Å². The minimum atomic E-state index is -0.590. The number of nitrogens with two attached hydrogens (primary N) is 1. The fourth-order valence-electron chi connectivity index (χ4n) is 1.70. The average Bonchev–Trinajstić information content (AvgIpc) is 2.90. The maximum atomic E-state index is 13.3. The first kappa shape index (κ1) is 14.5. The van der Waals surface area contributed by atoms with Crippen molar-refractivity contribution in [2.75, 3.05) is 5.73 Å². The Labute approximate surface area is 120 Å². The zero-order valence-corrected chi connectivity index (χ0v) is 12.1. The summed E-state index contributed by atoms with van der Waals surface area (Å²) in [6.45, 7) is 3.90. The van der Waals surface area contributed by atoms with Gasteiger partial charge in [-0.05, 0) is 31.5 Å². The maximum Gasteiger partial charge on any atom is 0.251 e. The minimum absolute atomic E-state index is 0.0297. The van der Waals surface area contributed by atoms with Crippen molar-refractivity contribution in [3.63, 3.8) is 0 Å². The van der Waals surface area contributed by atoms with E-state index in [9.17, 15) is 9.18 Å². The summed E-state index contributed by atoms with van der Waals surface area (Å²) in [6, 6.07) is 3.80. The molecule has 6 heteroatoms. The number of nitrogen functional groups attached to an aromatic ring is 1. The summed E-state index contributed by atoms with van der Waals surface area (Å²) in [5.74, 6) is -0.933. The lowest BCUT2D eigenvalue weighted by Crippen LogP contribution is -2.26. The van der Waals surface area contributed by atoms with E-state index < -0.39 is 5.82 Å². The number of carbonyl (C=O) groups is 1. The summed E-state index contributed by atoms with van der Waals surface area (Å²) < 4.78 is 13.3. The Balaban J connectivity index is 2.08. The smallest absolute Gasteiger partial charge is 0.251 e. The van der Waals surface area contributed by atoms with Crippen molar-refractivity contribution in [2.24, 2.45) is 0 Å². The van der Waals surface area contributed by atoms with Gasteiger partial charge in [-0.25, -0.2) is 9.37 Å². The predicted octanol–water partition coefficient (Wildman–Crippen LogP) is 2.92. The Morgan fingerprint density at radius 3 is 2.90 bits per heavy atom. The first-order chi connectivity index (χ1) is 9.51. The van der Waals surface area contributed by atoms with Gasteiger partial charge in [0.25, 0.3) is 5.91 Å². The van der Waals surface area contributed by atoms with Gasteiger partial charge in [-0.15, -0.1) is 11.3 Å². The van der Waals surface area contributed by atoms with Crippen molar-refractivity contribution in [1.82, 2.24) is 10.3 Å². The highest BCUT2D eigenvalue weighted by molar-refractivity contribution is 7.11. The molecule has 4 nitrogen and oxygen atoms in total. The second kappa shape index (κ2) is 6.00. The van der Waals surface area contributed by atoms with Gasteiger partial charge in [-0.3, -0.25) is 4.79 Å². The Morgan fingerprint density at radius 1 is 1.55 bits per heavy atom. The molecule has 1 amide bonds. The Kier molecular flexibility index (Phi) is 4.34. The number of benzene rings is 1. The lowest BCUT2D eigenvalue weighted by molar-refractivity contribution is 0.0939. The van der Waals surface area contributed by atoms with Crippen LogP contribution in [0.5, 0.6) is 0 Å². The molecule has 0 aliphatic carbocycles. The van der Waals surface area contributed by atoms with Gasteiger partial charge in [0.2, 0.25) is 0 Å². The van der Waals surface area contributed by atoms with E-state index in [0.717, 1.165) is 17.5 Å². The molecule has 1 heterocycles. The first-order valence-corrected chi connectivity index (χ1v) is 7.13. The molecule has 0 bridgehead atoms. The number of anilines is 1. The zero-order chi connectivity index (χ0) is 14.7. The fraction of sp³-hybridized carbons (Fsp3) is 0.286. The van der Waals surface area contributed by atoms with Gasteiger partial charge in [-0.1, -0.05) is 6.92 Å². The van der Waals surface area contributed by atoms with Crippen LogP contribution in [-0.4, -0.2) is 10.9 Å². The number of amides is 1. The molecule has 1 aromatic carbocycles. The largest absolute Gasteiger partial charge is 0.396 e. The summed E-state index contributed by atoms with van der Waals surface area (Å²) in [4.78, 5) is 17.5. The van der Waals surface area contributed by atoms with E-state index in [-0.39, 0.29) is 23.2 Å². The molecule has 1 aromatic heterocycles. The molecule has 0 fully saturated rings. The van der Waals surface area contributed by atoms with Gasteiger partial charge < -0.3 is 11.1 Å². The third-order valence-corrected chi connectivity index (χ3v) is 4.22. The van der Waals surface area contributed by atoms with E-state index in [1.165, 1.54) is 17.0 Å². The molecule has 2 aromatic rings. The van der Waals surface area contributed by atoms with E-state index in [1.54, 1.807) is 11.3 Å². The van der Waals surface area contributed by atoms with Crippen LogP contribution in [-0.2, 0) is 6.42 Å². The number of aromatic nitrogens is 1. The van der Waals surface area contributed by atoms with Crippen molar-refractivity contribution in [2.45, 2.75) is 26.3 Å². The third-order valence-electron chi connectivity index (χ3n) is 2.90. The molecule has 0 saturated heterocycles. The maximum absolute atomic E-state index is 13.3. The zero-order valence-electron chi connectivity index (χ0n) is 11.3. The molecule has 2 rings (SSSR count). The second-order valence-corrected chi connectivity index (χ2v) is 5.60. The molecular formula is C14H16FN3OS. The van der Waals surface area contributed by atoms with Crippen LogP contribution in [0.15, 0.2) is 24.4 Å². The molecule has 0 radical (unpaired) electrons. The van der Waals surface area contributed by atoms with Gasteiger partial charge in [0.05, 0.1) is 11.7 Å². The van der Waals surface area contributed by atoms with Gasteiger partial charge in [0, 0.05) is 16.6 Å². The highest BCUT2D eigenvalue weighted by Gasteiger charge is 2.15. The molecule has 106 valence electrons. The molecule has 1 atom stereocenters.